The van der Waals surface area contributed by atoms with Crippen LogP contribution in [-0.2, 0) is 14.6 Å². The highest BCUT2D eigenvalue weighted by Crippen LogP contribution is 2.19. The smallest absolute Gasteiger partial charge is 0.154 e. The lowest BCUT2D eigenvalue weighted by Gasteiger charge is -2.07. The molecule has 1 saturated heterocycles. The molecule has 0 amide bonds. The molecule has 1 rings (SSSR count). The van der Waals surface area contributed by atoms with E-state index in [2.05, 4.69) is 0 Å². The van der Waals surface area contributed by atoms with Crippen molar-refractivity contribution in [2.75, 3.05) is 18.6 Å². The van der Waals surface area contributed by atoms with Crippen LogP contribution in [0.25, 0.3) is 0 Å². The summed E-state index contributed by atoms with van der Waals surface area (Å²) in [7, 11) is -1.44. The number of alkyl halides is 1. The molecule has 0 spiro atoms. The zero-order valence-electron chi connectivity index (χ0n) is 5.58. The van der Waals surface area contributed by atoms with Crippen molar-refractivity contribution < 1.29 is 13.2 Å². The quantitative estimate of drug-likeness (QED) is 0.541. The predicted molar refractivity (Wildman–Crippen MR) is 39.1 cm³/mol. The number of sulfone groups is 1. The summed E-state index contributed by atoms with van der Waals surface area (Å²) >= 11 is 5.66. The molecule has 10 heavy (non-hydrogen) atoms. The fraction of sp³-hybridized carbons (Fsp3) is 1.00. The summed E-state index contributed by atoms with van der Waals surface area (Å²) in [5, 5.41) is -0.366. The van der Waals surface area contributed by atoms with Gasteiger partial charge in [-0.3, -0.25) is 0 Å². The molecule has 0 saturated carbocycles. The van der Waals surface area contributed by atoms with Crippen molar-refractivity contribution in [3.05, 3.63) is 0 Å². The molecule has 1 aliphatic heterocycles. The molecule has 0 aromatic carbocycles. The molecular formula is C5H9ClO3S. The van der Waals surface area contributed by atoms with E-state index in [4.69, 9.17) is 16.3 Å². The molecule has 0 aromatic rings. The molecule has 1 aliphatic rings. The van der Waals surface area contributed by atoms with E-state index in [0.717, 1.165) is 0 Å². The molecule has 1 heterocycles. The van der Waals surface area contributed by atoms with Gasteiger partial charge in [-0.1, -0.05) is 0 Å². The zero-order valence-corrected chi connectivity index (χ0v) is 7.15. The third-order valence-corrected chi connectivity index (χ3v) is 3.86. The summed E-state index contributed by atoms with van der Waals surface area (Å²) in [6.45, 7) is 0. The SMILES string of the molecule is COC1CS(=O)(=O)CC1Cl. The minimum absolute atomic E-state index is 0.0487. The number of ether oxygens (including phenoxy) is 1. The van der Waals surface area contributed by atoms with Crippen molar-refractivity contribution >= 4 is 21.4 Å². The van der Waals surface area contributed by atoms with Crippen LogP contribution in [0.1, 0.15) is 0 Å². The first kappa shape index (κ1) is 8.30. The maximum atomic E-state index is 10.8. The van der Waals surface area contributed by atoms with Gasteiger partial charge in [-0.25, -0.2) is 8.42 Å². The minimum Gasteiger partial charge on any atom is -0.379 e. The van der Waals surface area contributed by atoms with Crippen LogP contribution in [0, 0.1) is 0 Å². The summed E-state index contributed by atoms with van der Waals surface area (Å²) in [5.74, 6) is 0.116. The van der Waals surface area contributed by atoms with Crippen molar-refractivity contribution in [2.24, 2.45) is 0 Å². The highest BCUT2D eigenvalue weighted by Gasteiger charge is 2.36. The number of halogens is 1. The van der Waals surface area contributed by atoms with E-state index in [-0.39, 0.29) is 23.0 Å². The first-order valence-corrected chi connectivity index (χ1v) is 5.18. The summed E-state index contributed by atoms with van der Waals surface area (Å²) in [6, 6.07) is 0. The summed E-state index contributed by atoms with van der Waals surface area (Å²) in [4.78, 5) is 0. The number of hydrogen-bond donors (Lipinski definition) is 0. The fourth-order valence-electron chi connectivity index (χ4n) is 0.988. The summed E-state index contributed by atoms with van der Waals surface area (Å²) in [6.07, 6.45) is -0.313. The zero-order chi connectivity index (χ0) is 7.78. The molecular weight excluding hydrogens is 176 g/mol. The van der Waals surface area contributed by atoms with Gasteiger partial charge in [0.15, 0.2) is 9.84 Å². The average Bonchev–Trinajstić information content (AvgIpc) is 2.05. The summed E-state index contributed by atoms with van der Waals surface area (Å²) in [5.41, 5.74) is 0. The Kier molecular flexibility index (Phi) is 2.22. The maximum absolute atomic E-state index is 10.8. The Morgan fingerprint density at radius 2 is 2.10 bits per heavy atom. The average molecular weight is 185 g/mol. The molecule has 5 heteroatoms. The van der Waals surface area contributed by atoms with Crippen molar-refractivity contribution in [3.63, 3.8) is 0 Å². The van der Waals surface area contributed by atoms with Gasteiger partial charge in [-0.2, -0.15) is 0 Å². The van der Waals surface area contributed by atoms with Crippen molar-refractivity contribution in [1.29, 1.82) is 0 Å². The highest BCUT2D eigenvalue weighted by molar-refractivity contribution is 7.91. The monoisotopic (exact) mass is 184 g/mol. The molecule has 1 fully saturated rings. The van der Waals surface area contributed by atoms with Crippen molar-refractivity contribution in [2.45, 2.75) is 11.5 Å². The first-order valence-electron chi connectivity index (χ1n) is 2.92. The predicted octanol–water partition coefficient (Wildman–Crippen LogP) is 0.0372. The van der Waals surface area contributed by atoms with Crippen molar-refractivity contribution in [1.82, 2.24) is 0 Å². The van der Waals surface area contributed by atoms with Crippen LogP contribution < -0.4 is 0 Å². The second-order valence-electron chi connectivity index (χ2n) is 2.37. The molecule has 3 nitrogen and oxygen atoms in total. The molecule has 0 bridgehead atoms. The van der Waals surface area contributed by atoms with Crippen LogP contribution in [0.2, 0.25) is 0 Å². The number of rotatable bonds is 1. The van der Waals surface area contributed by atoms with Crippen LogP contribution in [0.3, 0.4) is 0 Å². The van der Waals surface area contributed by atoms with E-state index in [0.29, 0.717) is 0 Å². The molecule has 2 atom stereocenters. The Hall–Kier alpha value is 0.200. The van der Waals surface area contributed by atoms with E-state index < -0.39 is 9.84 Å². The van der Waals surface area contributed by atoms with Gasteiger partial charge < -0.3 is 4.74 Å². The Bertz CT molecular complexity index is 211. The van der Waals surface area contributed by atoms with Gasteiger partial charge in [0.2, 0.25) is 0 Å². The van der Waals surface area contributed by atoms with Gasteiger partial charge in [-0.15, -0.1) is 11.6 Å². The second-order valence-corrected chi connectivity index (χ2v) is 5.08. The third-order valence-electron chi connectivity index (χ3n) is 1.54. The Labute approximate surface area is 65.2 Å². The van der Waals surface area contributed by atoms with Crippen LogP contribution in [0.5, 0.6) is 0 Å². The van der Waals surface area contributed by atoms with Gasteiger partial charge in [0, 0.05) is 7.11 Å². The van der Waals surface area contributed by atoms with Crippen molar-refractivity contribution in [3.8, 4) is 0 Å². The standard InChI is InChI=1S/C5H9ClO3S/c1-9-5-3-10(7,8)2-4(5)6/h4-5H,2-3H2,1H3. The van der Waals surface area contributed by atoms with E-state index >= 15 is 0 Å². The van der Waals surface area contributed by atoms with Gasteiger partial charge in [0.05, 0.1) is 23.0 Å². The minimum atomic E-state index is -2.91. The molecule has 2 unspecified atom stereocenters. The van der Waals surface area contributed by atoms with E-state index in [9.17, 15) is 8.42 Å². The molecule has 0 aromatic heterocycles. The second kappa shape index (κ2) is 2.68. The maximum Gasteiger partial charge on any atom is 0.154 e. The van der Waals surface area contributed by atoms with Crippen LogP contribution in [-0.4, -0.2) is 38.5 Å². The van der Waals surface area contributed by atoms with E-state index in [1.54, 1.807) is 0 Å². The molecule has 0 aliphatic carbocycles. The first-order chi connectivity index (χ1) is 4.55. The Balaban J connectivity index is 2.71. The molecule has 60 valence electrons. The fourth-order valence-corrected chi connectivity index (χ4v) is 3.57. The largest absolute Gasteiger partial charge is 0.379 e. The lowest BCUT2D eigenvalue weighted by atomic mass is 10.3. The number of methoxy groups -OCH3 is 1. The van der Waals surface area contributed by atoms with E-state index in [1.165, 1.54) is 7.11 Å². The van der Waals surface area contributed by atoms with E-state index in [1.807, 2.05) is 0 Å². The van der Waals surface area contributed by atoms with Gasteiger partial charge in [0.1, 0.15) is 0 Å². The van der Waals surface area contributed by atoms with Crippen LogP contribution in [0.15, 0.2) is 0 Å². The lowest BCUT2D eigenvalue weighted by Crippen LogP contribution is -2.20. The van der Waals surface area contributed by atoms with Gasteiger partial charge in [-0.05, 0) is 0 Å². The Morgan fingerprint density at radius 3 is 2.30 bits per heavy atom. The van der Waals surface area contributed by atoms with Gasteiger partial charge >= 0.3 is 0 Å². The Morgan fingerprint density at radius 1 is 1.50 bits per heavy atom. The van der Waals surface area contributed by atoms with Crippen LogP contribution >= 0.6 is 11.6 Å². The van der Waals surface area contributed by atoms with Gasteiger partial charge in [0.25, 0.3) is 0 Å². The highest BCUT2D eigenvalue weighted by atomic mass is 35.5. The molecule has 0 radical (unpaired) electrons. The summed E-state index contributed by atoms with van der Waals surface area (Å²) < 4.78 is 26.5. The normalized spacial score (nSPS) is 38.2. The topological polar surface area (TPSA) is 43.4 Å². The molecule has 0 N–H and O–H groups in total. The lowest BCUT2D eigenvalue weighted by molar-refractivity contribution is 0.127. The number of hydrogen-bond acceptors (Lipinski definition) is 3. The third kappa shape index (κ3) is 1.62. The van der Waals surface area contributed by atoms with Crippen LogP contribution in [0.4, 0.5) is 0 Å².